The normalized spacial score (nSPS) is 19.3. The molecule has 0 amide bonds. The summed E-state index contributed by atoms with van der Waals surface area (Å²) in [4.78, 5) is 16.6. The third kappa shape index (κ3) is 6.94. The minimum atomic E-state index is -4.46. The molecular formula is C36H37F3N2O2. The number of para-hydroxylation sites is 1. The maximum absolute atomic E-state index is 14.3. The predicted octanol–water partition coefficient (Wildman–Crippen LogP) is 9.13. The van der Waals surface area contributed by atoms with E-state index in [1.807, 2.05) is 81.4 Å². The maximum Gasteiger partial charge on any atom is 0.416 e. The Morgan fingerprint density at radius 2 is 1.42 bits per heavy atom. The summed E-state index contributed by atoms with van der Waals surface area (Å²) < 4.78 is 46.5. The fourth-order valence-corrected chi connectivity index (χ4v) is 5.90. The lowest BCUT2D eigenvalue weighted by molar-refractivity contribution is -0.164. The highest BCUT2D eigenvalue weighted by atomic mass is 19.4. The van der Waals surface area contributed by atoms with Crippen LogP contribution in [-0.4, -0.2) is 16.5 Å². The Bertz CT molecular complexity index is 1520. The van der Waals surface area contributed by atoms with Crippen LogP contribution < -0.4 is 5.32 Å². The van der Waals surface area contributed by atoms with E-state index in [1.54, 1.807) is 0 Å². The monoisotopic (exact) mass is 586 g/mol. The summed E-state index contributed by atoms with van der Waals surface area (Å²) >= 11 is 0. The van der Waals surface area contributed by atoms with Gasteiger partial charge in [-0.15, -0.1) is 0 Å². The number of rotatable bonds is 7. The molecule has 0 radical (unpaired) electrons. The van der Waals surface area contributed by atoms with Crippen LogP contribution in [0, 0.1) is 5.92 Å². The first-order valence-electron chi connectivity index (χ1n) is 14.5. The zero-order valence-electron chi connectivity index (χ0n) is 24.8. The molecule has 4 aromatic carbocycles. The lowest BCUT2D eigenvalue weighted by atomic mass is 9.77. The number of anilines is 1. The van der Waals surface area contributed by atoms with Gasteiger partial charge in [-0.1, -0.05) is 91.0 Å². The van der Waals surface area contributed by atoms with E-state index in [-0.39, 0.29) is 6.04 Å². The molecule has 43 heavy (non-hydrogen) atoms. The van der Waals surface area contributed by atoms with E-state index in [0.29, 0.717) is 12.1 Å². The van der Waals surface area contributed by atoms with Gasteiger partial charge in [0.05, 0.1) is 17.6 Å². The van der Waals surface area contributed by atoms with Gasteiger partial charge in [0.15, 0.2) is 0 Å². The van der Waals surface area contributed by atoms with Crippen LogP contribution in [0.1, 0.15) is 73.6 Å². The quantitative estimate of drug-likeness (QED) is 0.219. The number of carbonyl (C=O) groups is 1. The molecule has 224 valence electrons. The molecule has 1 heterocycles. The summed E-state index contributed by atoms with van der Waals surface area (Å²) in [5.74, 6) is -1.19. The van der Waals surface area contributed by atoms with E-state index in [4.69, 9.17) is 4.74 Å². The summed E-state index contributed by atoms with van der Waals surface area (Å²) in [5.41, 5.74) is 3.00. The van der Waals surface area contributed by atoms with Crippen molar-refractivity contribution in [1.29, 1.82) is 0 Å². The number of fused-ring (bicyclic) bond motifs is 1. The number of nitrogens with zero attached hydrogens (tertiary/aromatic N) is 1. The highest BCUT2D eigenvalue weighted by Gasteiger charge is 2.47. The molecule has 0 bridgehead atoms. The van der Waals surface area contributed by atoms with Crippen molar-refractivity contribution in [2.45, 2.75) is 64.1 Å². The summed E-state index contributed by atoms with van der Waals surface area (Å²) in [7, 11) is 0. The van der Waals surface area contributed by atoms with Crippen molar-refractivity contribution < 1.29 is 22.7 Å². The molecule has 4 aromatic rings. The van der Waals surface area contributed by atoms with Gasteiger partial charge in [-0.05, 0) is 68.1 Å². The van der Waals surface area contributed by atoms with Crippen molar-refractivity contribution in [2.24, 2.45) is 5.92 Å². The lowest BCUT2D eigenvalue weighted by Gasteiger charge is -2.47. The summed E-state index contributed by atoms with van der Waals surface area (Å²) in [6, 6.07) is 31.9. The van der Waals surface area contributed by atoms with E-state index >= 15 is 0 Å². The minimum absolute atomic E-state index is 0.115. The molecule has 0 unspecified atom stereocenters. The SMILES string of the molecule is C[C@H](c1ccccc1)N(Cc1ccccc1)[C@@H]1c2ccccc2N[C@@H](c2ccc(C(F)(F)F)cc2)[C@H]1C(=O)OC(C)(C)C. The van der Waals surface area contributed by atoms with Gasteiger partial charge in [-0.25, -0.2) is 0 Å². The second kappa shape index (κ2) is 12.3. The molecule has 4 nitrogen and oxygen atoms in total. The Kier molecular flexibility index (Phi) is 8.65. The topological polar surface area (TPSA) is 41.6 Å². The molecule has 7 heteroatoms. The Morgan fingerprint density at radius 1 is 0.837 bits per heavy atom. The Labute approximate surface area is 251 Å². The van der Waals surface area contributed by atoms with Crippen LogP contribution in [0.2, 0.25) is 0 Å². The van der Waals surface area contributed by atoms with Gasteiger partial charge in [0.1, 0.15) is 11.5 Å². The maximum atomic E-state index is 14.3. The highest BCUT2D eigenvalue weighted by Crippen LogP contribution is 2.50. The van der Waals surface area contributed by atoms with E-state index < -0.39 is 41.3 Å². The van der Waals surface area contributed by atoms with E-state index in [0.717, 1.165) is 34.5 Å². The summed E-state index contributed by atoms with van der Waals surface area (Å²) in [6.07, 6.45) is -4.46. The van der Waals surface area contributed by atoms with Crippen LogP contribution >= 0.6 is 0 Å². The van der Waals surface area contributed by atoms with E-state index in [2.05, 4.69) is 41.4 Å². The number of ether oxygens (including phenoxy) is 1. The van der Waals surface area contributed by atoms with E-state index in [9.17, 15) is 18.0 Å². The smallest absolute Gasteiger partial charge is 0.416 e. The number of hydrogen-bond acceptors (Lipinski definition) is 4. The number of halogens is 3. The number of benzene rings is 4. The Balaban J connectivity index is 1.70. The second-order valence-electron chi connectivity index (χ2n) is 12.1. The van der Waals surface area contributed by atoms with Gasteiger partial charge in [0.25, 0.3) is 0 Å². The molecule has 0 fully saturated rings. The number of nitrogens with one attached hydrogen (secondary N) is 1. The van der Waals surface area contributed by atoms with Crippen molar-refractivity contribution in [3.05, 3.63) is 137 Å². The average Bonchev–Trinajstić information content (AvgIpc) is 2.98. The molecule has 0 saturated carbocycles. The molecule has 0 saturated heterocycles. The van der Waals surface area contributed by atoms with Crippen molar-refractivity contribution in [2.75, 3.05) is 5.32 Å². The predicted molar refractivity (Wildman–Crippen MR) is 163 cm³/mol. The van der Waals surface area contributed by atoms with Crippen LogP contribution in [0.5, 0.6) is 0 Å². The van der Waals surface area contributed by atoms with Crippen LogP contribution in [0.3, 0.4) is 0 Å². The summed E-state index contributed by atoms with van der Waals surface area (Å²) in [5, 5.41) is 3.51. The zero-order valence-corrected chi connectivity index (χ0v) is 24.8. The number of hydrogen-bond donors (Lipinski definition) is 1. The largest absolute Gasteiger partial charge is 0.460 e. The van der Waals surface area contributed by atoms with Crippen LogP contribution in [0.25, 0.3) is 0 Å². The molecule has 1 aliphatic heterocycles. The van der Waals surface area contributed by atoms with Gasteiger partial charge >= 0.3 is 12.1 Å². The highest BCUT2D eigenvalue weighted by molar-refractivity contribution is 5.78. The zero-order chi connectivity index (χ0) is 30.8. The minimum Gasteiger partial charge on any atom is -0.460 e. The van der Waals surface area contributed by atoms with Crippen molar-refractivity contribution in [1.82, 2.24) is 4.90 Å². The van der Waals surface area contributed by atoms with Gasteiger partial charge in [0.2, 0.25) is 0 Å². The molecular weight excluding hydrogens is 549 g/mol. The van der Waals surface area contributed by atoms with Crippen LogP contribution in [0.15, 0.2) is 109 Å². The first-order chi connectivity index (χ1) is 20.4. The molecule has 0 spiro atoms. The molecule has 1 aliphatic rings. The van der Waals surface area contributed by atoms with Crippen molar-refractivity contribution in [3.8, 4) is 0 Å². The molecule has 0 aliphatic carbocycles. The van der Waals surface area contributed by atoms with Crippen molar-refractivity contribution >= 4 is 11.7 Å². The fraction of sp³-hybridized carbons (Fsp3) is 0.306. The molecule has 0 aromatic heterocycles. The van der Waals surface area contributed by atoms with Gasteiger partial charge in [-0.3, -0.25) is 9.69 Å². The first-order valence-corrected chi connectivity index (χ1v) is 14.5. The Hall–Kier alpha value is -4.10. The van der Waals surface area contributed by atoms with Gasteiger partial charge in [-0.2, -0.15) is 13.2 Å². The van der Waals surface area contributed by atoms with E-state index in [1.165, 1.54) is 12.1 Å². The van der Waals surface area contributed by atoms with Gasteiger partial charge in [0, 0.05) is 18.3 Å². The van der Waals surface area contributed by atoms with Crippen LogP contribution in [0.4, 0.5) is 18.9 Å². The third-order valence-electron chi connectivity index (χ3n) is 7.91. The van der Waals surface area contributed by atoms with Crippen LogP contribution in [-0.2, 0) is 22.3 Å². The summed E-state index contributed by atoms with van der Waals surface area (Å²) in [6.45, 7) is 8.14. The molecule has 5 rings (SSSR count). The number of alkyl halides is 3. The fourth-order valence-electron chi connectivity index (χ4n) is 5.90. The average molecular weight is 587 g/mol. The number of esters is 1. The molecule has 4 atom stereocenters. The van der Waals surface area contributed by atoms with Crippen molar-refractivity contribution in [3.63, 3.8) is 0 Å². The third-order valence-corrected chi connectivity index (χ3v) is 7.91. The number of carbonyl (C=O) groups excluding carboxylic acids is 1. The Morgan fingerprint density at radius 3 is 2.02 bits per heavy atom. The first kappa shape index (κ1) is 30.4. The lowest BCUT2D eigenvalue weighted by Crippen LogP contribution is -2.47. The van der Waals surface area contributed by atoms with Gasteiger partial charge < -0.3 is 10.1 Å². The standard InChI is InChI=1S/C36H37F3N2O2/c1-24(26-15-9-6-10-16-26)41(23-25-13-7-5-8-14-25)33-29-17-11-12-18-30(29)40-32(31(33)34(42)43-35(2,3)4)27-19-21-28(22-20-27)36(37,38)39/h5-22,24,31-33,40H,23H2,1-4H3/t24-,31-,32+,33-/m1/s1. The molecule has 1 N–H and O–H groups in total. The second-order valence-corrected chi connectivity index (χ2v) is 12.1.